The van der Waals surface area contributed by atoms with E-state index in [0.717, 1.165) is 6.07 Å². The molecule has 0 amide bonds. The highest BCUT2D eigenvalue weighted by Gasteiger charge is 2.20. The molecule has 1 aromatic heterocycles. The van der Waals surface area contributed by atoms with Crippen LogP contribution in [0.5, 0.6) is 5.75 Å². The van der Waals surface area contributed by atoms with Crippen molar-refractivity contribution in [3.63, 3.8) is 0 Å². The Hall–Kier alpha value is -2.37. The standard InChI is InChI=1S/C12H10FNO4/c1-2-18-12(17)8-6-4-3-5-7(13)9(6)14-11(16)10(8)15/h3-5,15H,2H2,1H3,(H,14,16). The zero-order chi connectivity index (χ0) is 13.3. The van der Waals surface area contributed by atoms with Crippen LogP contribution in [0.1, 0.15) is 17.3 Å². The first-order chi connectivity index (χ1) is 8.56. The molecule has 18 heavy (non-hydrogen) atoms. The number of esters is 1. The number of aromatic nitrogens is 1. The summed E-state index contributed by atoms with van der Waals surface area (Å²) in [5.74, 6) is -2.32. The maximum absolute atomic E-state index is 13.5. The van der Waals surface area contributed by atoms with E-state index in [2.05, 4.69) is 4.98 Å². The fourth-order valence-corrected chi connectivity index (χ4v) is 1.68. The van der Waals surface area contributed by atoms with Gasteiger partial charge in [0.25, 0.3) is 5.56 Å². The highest BCUT2D eigenvalue weighted by molar-refractivity contribution is 6.05. The van der Waals surface area contributed by atoms with Crippen LogP contribution >= 0.6 is 0 Å². The molecule has 2 aromatic rings. The van der Waals surface area contributed by atoms with Crippen molar-refractivity contribution in [3.05, 3.63) is 39.9 Å². The van der Waals surface area contributed by atoms with E-state index in [1.165, 1.54) is 12.1 Å². The smallest absolute Gasteiger partial charge is 0.342 e. The second kappa shape index (κ2) is 4.48. The van der Waals surface area contributed by atoms with E-state index in [-0.39, 0.29) is 23.1 Å². The minimum atomic E-state index is -0.935. The number of carbonyl (C=O) groups is 1. The van der Waals surface area contributed by atoms with Crippen LogP contribution in [0.25, 0.3) is 10.9 Å². The van der Waals surface area contributed by atoms with E-state index in [0.29, 0.717) is 0 Å². The minimum absolute atomic E-state index is 0.0852. The number of carbonyl (C=O) groups excluding carboxylic acids is 1. The molecule has 0 radical (unpaired) electrons. The summed E-state index contributed by atoms with van der Waals surface area (Å²) in [6.07, 6.45) is 0. The van der Waals surface area contributed by atoms with Gasteiger partial charge in [-0.1, -0.05) is 12.1 Å². The first-order valence-corrected chi connectivity index (χ1v) is 5.26. The molecule has 0 bridgehead atoms. The van der Waals surface area contributed by atoms with Crippen LogP contribution in [0.4, 0.5) is 4.39 Å². The van der Waals surface area contributed by atoms with E-state index in [1.807, 2.05) is 0 Å². The van der Waals surface area contributed by atoms with Gasteiger partial charge in [-0.2, -0.15) is 0 Å². The van der Waals surface area contributed by atoms with Crippen molar-refractivity contribution >= 4 is 16.9 Å². The Labute approximate surface area is 101 Å². The van der Waals surface area contributed by atoms with Gasteiger partial charge in [0.1, 0.15) is 11.4 Å². The van der Waals surface area contributed by atoms with Crippen molar-refractivity contribution < 1.29 is 19.0 Å². The van der Waals surface area contributed by atoms with E-state index in [4.69, 9.17) is 4.74 Å². The van der Waals surface area contributed by atoms with Crippen LogP contribution in [-0.2, 0) is 4.74 Å². The van der Waals surface area contributed by atoms with Crippen molar-refractivity contribution in [2.75, 3.05) is 6.61 Å². The lowest BCUT2D eigenvalue weighted by atomic mass is 10.1. The molecule has 0 atom stereocenters. The van der Waals surface area contributed by atoms with Gasteiger partial charge in [-0.3, -0.25) is 4.79 Å². The molecule has 0 spiro atoms. The largest absolute Gasteiger partial charge is 0.502 e. The number of aromatic hydroxyl groups is 1. The molecule has 94 valence electrons. The summed E-state index contributed by atoms with van der Waals surface area (Å²) in [5.41, 5.74) is -1.39. The molecule has 1 heterocycles. The number of halogens is 1. The molecular weight excluding hydrogens is 241 g/mol. The molecule has 2 rings (SSSR count). The van der Waals surface area contributed by atoms with Gasteiger partial charge >= 0.3 is 5.97 Å². The van der Waals surface area contributed by atoms with E-state index in [9.17, 15) is 19.1 Å². The summed E-state index contributed by atoms with van der Waals surface area (Å²) in [6.45, 7) is 1.67. The molecule has 0 aliphatic rings. The fourth-order valence-electron chi connectivity index (χ4n) is 1.68. The summed E-state index contributed by atoms with van der Waals surface area (Å²) in [6, 6.07) is 3.93. The Kier molecular flexibility index (Phi) is 3.01. The van der Waals surface area contributed by atoms with Crippen molar-refractivity contribution in [1.82, 2.24) is 4.98 Å². The first-order valence-electron chi connectivity index (χ1n) is 5.26. The fraction of sp³-hybridized carbons (Fsp3) is 0.167. The lowest BCUT2D eigenvalue weighted by Crippen LogP contribution is -2.14. The quantitative estimate of drug-likeness (QED) is 0.793. The molecular formula is C12H10FNO4. The third kappa shape index (κ3) is 1.81. The summed E-state index contributed by atoms with van der Waals surface area (Å²) in [5, 5.41) is 9.72. The Morgan fingerprint density at radius 2 is 2.22 bits per heavy atom. The van der Waals surface area contributed by atoms with Crippen LogP contribution in [0, 0.1) is 5.82 Å². The number of hydrogen-bond donors (Lipinski definition) is 2. The highest BCUT2D eigenvalue weighted by Crippen LogP contribution is 2.24. The number of aromatic amines is 1. The lowest BCUT2D eigenvalue weighted by molar-refractivity contribution is 0.0525. The second-order valence-electron chi connectivity index (χ2n) is 3.56. The van der Waals surface area contributed by atoms with Gasteiger partial charge in [0.2, 0.25) is 0 Å². The predicted octanol–water partition coefficient (Wildman–Crippen LogP) is 1.55. The van der Waals surface area contributed by atoms with Crippen LogP contribution in [0.3, 0.4) is 0 Å². The molecule has 0 fully saturated rings. The average molecular weight is 251 g/mol. The molecule has 6 heteroatoms. The summed E-state index contributed by atoms with van der Waals surface area (Å²) in [7, 11) is 0. The van der Waals surface area contributed by atoms with Gasteiger partial charge < -0.3 is 14.8 Å². The maximum atomic E-state index is 13.5. The zero-order valence-electron chi connectivity index (χ0n) is 9.49. The van der Waals surface area contributed by atoms with Crippen molar-refractivity contribution in [2.45, 2.75) is 6.92 Å². The lowest BCUT2D eigenvalue weighted by Gasteiger charge is -2.08. The van der Waals surface area contributed by atoms with E-state index in [1.54, 1.807) is 6.92 Å². The molecule has 0 aliphatic heterocycles. The van der Waals surface area contributed by atoms with Crippen molar-refractivity contribution in [2.24, 2.45) is 0 Å². The Morgan fingerprint density at radius 3 is 2.89 bits per heavy atom. The van der Waals surface area contributed by atoms with Crippen LogP contribution in [-0.4, -0.2) is 22.7 Å². The van der Waals surface area contributed by atoms with Gasteiger partial charge in [-0.25, -0.2) is 9.18 Å². The predicted molar refractivity (Wildman–Crippen MR) is 62.1 cm³/mol. The second-order valence-corrected chi connectivity index (χ2v) is 3.56. The Balaban J connectivity index is 2.85. The molecule has 0 saturated heterocycles. The first kappa shape index (κ1) is 12.1. The Morgan fingerprint density at radius 1 is 1.50 bits per heavy atom. The van der Waals surface area contributed by atoms with E-state index >= 15 is 0 Å². The number of nitrogens with one attached hydrogen (secondary N) is 1. The number of ether oxygens (including phenoxy) is 1. The van der Waals surface area contributed by atoms with Crippen molar-refractivity contribution in [1.29, 1.82) is 0 Å². The molecule has 0 unspecified atom stereocenters. The van der Waals surface area contributed by atoms with Crippen LogP contribution in [0.15, 0.2) is 23.0 Å². The van der Waals surface area contributed by atoms with Gasteiger partial charge in [-0.05, 0) is 13.0 Å². The number of benzene rings is 1. The third-order valence-electron chi connectivity index (χ3n) is 2.45. The van der Waals surface area contributed by atoms with E-state index < -0.39 is 23.1 Å². The van der Waals surface area contributed by atoms with Gasteiger partial charge in [0.05, 0.1) is 12.1 Å². The van der Waals surface area contributed by atoms with Gasteiger partial charge in [0, 0.05) is 5.39 Å². The number of fused-ring (bicyclic) bond motifs is 1. The molecule has 0 saturated carbocycles. The molecule has 1 aromatic carbocycles. The zero-order valence-corrected chi connectivity index (χ0v) is 9.49. The molecule has 2 N–H and O–H groups in total. The SMILES string of the molecule is CCOC(=O)c1c(O)c(=O)[nH]c2c(F)cccc12. The number of pyridine rings is 1. The van der Waals surface area contributed by atoms with Gasteiger partial charge in [0.15, 0.2) is 5.75 Å². The topological polar surface area (TPSA) is 79.4 Å². The molecule has 5 nitrogen and oxygen atoms in total. The number of H-pyrrole nitrogens is 1. The summed E-state index contributed by atoms with van der Waals surface area (Å²) >= 11 is 0. The minimum Gasteiger partial charge on any atom is -0.502 e. The number of rotatable bonds is 2. The Bertz CT molecular complexity index is 678. The number of para-hydroxylation sites is 1. The number of hydrogen-bond acceptors (Lipinski definition) is 4. The normalized spacial score (nSPS) is 10.6. The average Bonchev–Trinajstić information content (AvgIpc) is 2.32. The highest BCUT2D eigenvalue weighted by atomic mass is 19.1. The summed E-state index contributed by atoms with van der Waals surface area (Å²) in [4.78, 5) is 25.3. The third-order valence-corrected chi connectivity index (χ3v) is 2.45. The van der Waals surface area contributed by atoms with Gasteiger partial charge in [-0.15, -0.1) is 0 Å². The monoisotopic (exact) mass is 251 g/mol. The molecule has 0 aliphatic carbocycles. The maximum Gasteiger partial charge on any atom is 0.342 e. The summed E-state index contributed by atoms with van der Waals surface area (Å²) < 4.78 is 18.3. The van der Waals surface area contributed by atoms with Crippen LogP contribution < -0.4 is 5.56 Å². The van der Waals surface area contributed by atoms with Crippen molar-refractivity contribution in [3.8, 4) is 5.75 Å². The van der Waals surface area contributed by atoms with Crippen LogP contribution in [0.2, 0.25) is 0 Å².